The molecule has 5 N–H and O–H groups in total. The van der Waals surface area contributed by atoms with Crippen molar-refractivity contribution in [2.45, 2.75) is 30.6 Å². The van der Waals surface area contributed by atoms with Gasteiger partial charge in [0.1, 0.15) is 30.3 Å². The highest BCUT2D eigenvalue weighted by Crippen LogP contribution is 2.45. The second kappa shape index (κ2) is 19.6. The third-order valence-corrected chi connectivity index (χ3v) is 10.2. The second-order valence-electron chi connectivity index (χ2n) is 14.0. The third-order valence-electron chi connectivity index (χ3n) is 10.2. The zero-order chi connectivity index (χ0) is 41.8. The first-order chi connectivity index (χ1) is 28.6. The van der Waals surface area contributed by atoms with Crippen LogP contribution in [0.15, 0.2) is 127 Å². The molecule has 306 valence electrons. The molecule has 1 aliphatic carbocycles. The van der Waals surface area contributed by atoms with Gasteiger partial charge in [-0.15, -0.1) is 0 Å². The Bertz CT molecular complexity index is 2120. The Hall–Kier alpha value is -6.70. The predicted octanol–water partition coefficient (Wildman–Crippen LogP) is 4.65. The fourth-order valence-corrected chi connectivity index (χ4v) is 7.13. The van der Waals surface area contributed by atoms with Gasteiger partial charge in [-0.1, -0.05) is 103 Å². The Morgan fingerprint density at radius 2 is 1.07 bits per heavy atom. The molecule has 59 heavy (non-hydrogen) atoms. The van der Waals surface area contributed by atoms with E-state index in [9.17, 15) is 24.3 Å². The van der Waals surface area contributed by atoms with Crippen LogP contribution < -0.4 is 30.7 Å². The van der Waals surface area contributed by atoms with Crippen molar-refractivity contribution in [3.05, 3.63) is 155 Å². The number of aliphatic hydroxyl groups is 1. The largest absolute Gasteiger partial charge is 0.497 e. The van der Waals surface area contributed by atoms with Gasteiger partial charge in [-0.3, -0.25) is 14.4 Å². The molecule has 4 amide bonds. The Labute approximate surface area is 343 Å². The number of hydrogen-bond donors (Lipinski definition) is 5. The van der Waals surface area contributed by atoms with Crippen LogP contribution in [0.25, 0.3) is 11.1 Å². The summed E-state index contributed by atoms with van der Waals surface area (Å²) in [6.07, 6.45) is -1.81. The Balaban J connectivity index is 0.998. The van der Waals surface area contributed by atoms with Crippen molar-refractivity contribution >= 4 is 23.8 Å². The zero-order valence-corrected chi connectivity index (χ0v) is 33.1. The first-order valence-electron chi connectivity index (χ1n) is 19.2. The molecule has 0 fully saturated rings. The Kier molecular flexibility index (Phi) is 14.0. The summed E-state index contributed by atoms with van der Waals surface area (Å²) in [6, 6.07) is 39.6. The fourth-order valence-electron chi connectivity index (χ4n) is 7.13. The lowest BCUT2D eigenvalue weighted by molar-refractivity contribution is -0.128. The van der Waals surface area contributed by atoms with Gasteiger partial charge >= 0.3 is 6.09 Å². The van der Waals surface area contributed by atoms with Crippen molar-refractivity contribution in [2.75, 3.05) is 47.1 Å². The standard InChI is InChI=1S/C46H48N4O9/c1-30(51)41(29-59-46(31-11-5-4-6-12-31,32-17-21-34(56-2)22-18-32)33-19-23-35(57-3)24-20-33)50-44(54)27-48-42(52)25-47-43(53)26-49-45(55)58-28-40-38-15-9-7-13-36(38)37-14-8-10-16-39(37)40/h4-24,30,40-41,51H,25-29H2,1-3H3,(H,47,53)(H,48,52)(H,49,55)(H,50,54)/t30-,41-/m1/s1. The van der Waals surface area contributed by atoms with Crippen LogP contribution in [0.5, 0.6) is 11.5 Å². The lowest BCUT2D eigenvalue weighted by Gasteiger charge is -2.37. The molecule has 2 atom stereocenters. The van der Waals surface area contributed by atoms with Crippen LogP contribution in [0.2, 0.25) is 0 Å². The molecular formula is C46H48N4O9. The summed E-state index contributed by atoms with van der Waals surface area (Å²) in [5.74, 6) is -0.664. The number of ether oxygens (including phenoxy) is 4. The smallest absolute Gasteiger partial charge is 0.407 e. The summed E-state index contributed by atoms with van der Waals surface area (Å²) >= 11 is 0. The maximum absolute atomic E-state index is 13.1. The third kappa shape index (κ3) is 10.1. The van der Waals surface area contributed by atoms with Crippen molar-refractivity contribution in [3.63, 3.8) is 0 Å². The number of benzene rings is 5. The molecule has 13 heteroatoms. The van der Waals surface area contributed by atoms with Crippen LogP contribution in [0.3, 0.4) is 0 Å². The molecule has 0 bridgehead atoms. The number of aliphatic hydroxyl groups excluding tert-OH is 1. The van der Waals surface area contributed by atoms with Crippen molar-refractivity contribution in [2.24, 2.45) is 0 Å². The van der Waals surface area contributed by atoms with Crippen molar-refractivity contribution in [1.82, 2.24) is 21.3 Å². The van der Waals surface area contributed by atoms with Crippen molar-refractivity contribution in [3.8, 4) is 22.6 Å². The van der Waals surface area contributed by atoms with Gasteiger partial charge in [0, 0.05) is 5.92 Å². The number of hydrogen-bond acceptors (Lipinski definition) is 9. The van der Waals surface area contributed by atoms with E-state index in [0.717, 1.165) is 38.9 Å². The highest BCUT2D eigenvalue weighted by molar-refractivity contribution is 5.89. The molecule has 0 saturated heterocycles. The summed E-state index contributed by atoms with van der Waals surface area (Å²) in [7, 11) is 3.17. The fraction of sp³-hybridized carbons (Fsp3) is 0.261. The Morgan fingerprint density at radius 1 is 0.610 bits per heavy atom. The molecule has 0 heterocycles. The normalized spacial score (nSPS) is 12.9. The summed E-state index contributed by atoms with van der Waals surface area (Å²) in [5, 5.41) is 20.8. The average molecular weight is 801 g/mol. The van der Waals surface area contributed by atoms with E-state index in [4.69, 9.17) is 18.9 Å². The maximum atomic E-state index is 13.1. The molecule has 5 aromatic rings. The van der Waals surface area contributed by atoms with E-state index in [1.807, 2.05) is 127 Å². The number of carbonyl (C=O) groups excluding carboxylic acids is 4. The number of methoxy groups -OCH3 is 2. The molecule has 0 aliphatic heterocycles. The van der Waals surface area contributed by atoms with Crippen LogP contribution in [-0.2, 0) is 29.5 Å². The number of rotatable bonds is 18. The molecule has 0 saturated carbocycles. The number of nitrogens with one attached hydrogen (secondary N) is 4. The van der Waals surface area contributed by atoms with Gasteiger partial charge in [0.05, 0.1) is 46.1 Å². The SMILES string of the molecule is COc1ccc(C(OC[C@@H](NC(=O)CNC(=O)CNC(=O)CNC(=O)OCC2c3ccccc3-c3ccccc32)[C@@H](C)O)(c2ccccc2)c2ccc(OC)cc2)cc1. The molecule has 0 unspecified atom stereocenters. The lowest BCUT2D eigenvalue weighted by Crippen LogP contribution is -2.51. The number of fused-ring (bicyclic) bond motifs is 3. The minimum absolute atomic E-state index is 0.0905. The molecule has 13 nitrogen and oxygen atoms in total. The van der Waals surface area contributed by atoms with E-state index in [-0.39, 0.29) is 19.1 Å². The molecular weight excluding hydrogens is 753 g/mol. The van der Waals surface area contributed by atoms with Gasteiger partial charge in [0.2, 0.25) is 17.7 Å². The van der Waals surface area contributed by atoms with Gasteiger partial charge in [-0.2, -0.15) is 0 Å². The zero-order valence-electron chi connectivity index (χ0n) is 33.1. The summed E-state index contributed by atoms with van der Waals surface area (Å²) in [5.41, 5.74) is 5.47. The number of alkyl carbamates (subject to hydrolysis) is 1. The predicted molar refractivity (Wildman–Crippen MR) is 221 cm³/mol. The molecule has 0 radical (unpaired) electrons. The number of carbonyl (C=O) groups is 4. The first-order valence-corrected chi connectivity index (χ1v) is 19.2. The van der Waals surface area contributed by atoms with Gasteiger partial charge < -0.3 is 45.3 Å². The summed E-state index contributed by atoms with van der Waals surface area (Å²) in [4.78, 5) is 50.5. The van der Waals surface area contributed by atoms with Crippen molar-refractivity contribution in [1.29, 1.82) is 0 Å². The van der Waals surface area contributed by atoms with Crippen LogP contribution in [-0.4, -0.2) is 88.1 Å². The highest BCUT2D eigenvalue weighted by atomic mass is 16.5. The van der Waals surface area contributed by atoms with Crippen LogP contribution in [0.1, 0.15) is 40.7 Å². The van der Waals surface area contributed by atoms with Crippen molar-refractivity contribution < 1.29 is 43.2 Å². The molecule has 0 aromatic heterocycles. The molecule has 6 rings (SSSR count). The summed E-state index contributed by atoms with van der Waals surface area (Å²) in [6.45, 7) is 0.202. The quantitative estimate of drug-likeness (QED) is 0.0792. The number of amides is 4. The minimum Gasteiger partial charge on any atom is -0.497 e. The van der Waals surface area contributed by atoms with Crippen LogP contribution >= 0.6 is 0 Å². The first kappa shape index (κ1) is 41.9. The van der Waals surface area contributed by atoms with Crippen LogP contribution in [0.4, 0.5) is 4.79 Å². The maximum Gasteiger partial charge on any atom is 0.407 e. The second-order valence-corrected chi connectivity index (χ2v) is 14.0. The van der Waals surface area contributed by atoms with Crippen LogP contribution in [0, 0.1) is 0 Å². The molecule has 5 aromatic carbocycles. The minimum atomic E-state index is -1.19. The van der Waals surface area contributed by atoms with E-state index in [1.165, 1.54) is 6.92 Å². The van der Waals surface area contributed by atoms with E-state index < -0.39 is 61.2 Å². The van der Waals surface area contributed by atoms with Gasteiger partial charge in [0.25, 0.3) is 0 Å². The lowest BCUT2D eigenvalue weighted by atomic mass is 9.80. The average Bonchev–Trinajstić information content (AvgIpc) is 3.59. The monoisotopic (exact) mass is 800 g/mol. The van der Waals surface area contributed by atoms with E-state index in [0.29, 0.717) is 11.5 Å². The Morgan fingerprint density at radius 3 is 1.58 bits per heavy atom. The van der Waals surface area contributed by atoms with Gasteiger partial charge in [-0.05, 0) is 70.1 Å². The highest BCUT2D eigenvalue weighted by Gasteiger charge is 2.39. The van der Waals surface area contributed by atoms with E-state index >= 15 is 0 Å². The topological polar surface area (TPSA) is 174 Å². The van der Waals surface area contributed by atoms with Gasteiger partial charge in [-0.25, -0.2) is 4.79 Å². The molecule has 0 spiro atoms. The molecule has 1 aliphatic rings. The van der Waals surface area contributed by atoms with E-state index in [1.54, 1.807) is 14.2 Å². The summed E-state index contributed by atoms with van der Waals surface area (Å²) < 4.78 is 23.1. The van der Waals surface area contributed by atoms with Gasteiger partial charge in [0.15, 0.2) is 0 Å². The van der Waals surface area contributed by atoms with E-state index in [2.05, 4.69) is 21.3 Å².